The zero-order chi connectivity index (χ0) is 21.8. The average Bonchev–Trinajstić information content (AvgIpc) is 2.97. The van der Waals surface area contributed by atoms with Crippen molar-refractivity contribution < 1.29 is 13.9 Å². The second-order valence-electron chi connectivity index (χ2n) is 10.2. The number of alkyl carbamates (subject to hydrolysis) is 1. The van der Waals surface area contributed by atoms with Crippen LogP contribution in [0.4, 0.5) is 9.18 Å². The van der Waals surface area contributed by atoms with Crippen LogP contribution in [0.2, 0.25) is 0 Å². The molecule has 4 nitrogen and oxygen atoms in total. The summed E-state index contributed by atoms with van der Waals surface area (Å²) >= 11 is 0. The molecule has 3 heterocycles. The smallest absolute Gasteiger partial charge is 0.407 e. The molecule has 164 valence electrons. The van der Waals surface area contributed by atoms with E-state index in [9.17, 15) is 9.18 Å². The van der Waals surface area contributed by atoms with E-state index in [0.29, 0.717) is 5.92 Å². The number of rotatable bonds is 3. The second-order valence-corrected chi connectivity index (χ2v) is 10.2. The molecule has 1 unspecified atom stereocenters. The third-order valence-electron chi connectivity index (χ3n) is 7.50. The van der Waals surface area contributed by atoms with Gasteiger partial charge in [-0.25, -0.2) is 9.18 Å². The van der Waals surface area contributed by atoms with Crippen LogP contribution in [-0.4, -0.2) is 36.7 Å². The molecule has 2 bridgehead atoms. The van der Waals surface area contributed by atoms with Gasteiger partial charge in [-0.3, -0.25) is 4.90 Å². The minimum atomic E-state index is -0.303. The zero-order valence-corrected chi connectivity index (χ0v) is 18.6. The summed E-state index contributed by atoms with van der Waals surface area (Å²) in [7, 11) is 0. The van der Waals surface area contributed by atoms with Crippen molar-refractivity contribution in [2.45, 2.75) is 52.2 Å². The summed E-state index contributed by atoms with van der Waals surface area (Å²) in [5.41, 5.74) is 5.34. The van der Waals surface area contributed by atoms with Gasteiger partial charge in [0.2, 0.25) is 0 Å². The SMILES string of the molecule is Cc1cc(F)ccc1-c1ccc2c(c1)CC(C)(C)C2NC(=O)O[C@@H]1CN2CCC1CC2. The first kappa shape index (κ1) is 20.5. The first-order valence-corrected chi connectivity index (χ1v) is 11.4. The standard InChI is InChI=1S/C26H31FN2O2/c1-16-12-20(27)5-7-21(16)18-4-6-22-19(13-18)14-26(2,3)24(22)28-25(30)31-23-15-29-10-8-17(23)9-11-29/h4-7,12-13,17,23-24H,8-11,14-15H2,1-3H3,(H,28,30)/t23-,24?/m1/s1. The molecule has 2 aromatic carbocycles. The molecule has 1 amide bonds. The molecule has 1 aliphatic carbocycles. The molecule has 3 saturated heterocycles. The fourth-order valence-corrected chi connectivity index (χ4v) is 5.78. The van der Waals surface area contributed by atoms with Crippen molar-refractivity contribution in [3.05, 3.63) is 58.9 Å². The number of carbonyl (C=O) groups is 1. The Hall–Kier alpha value is -2.40. The number of ether oxygens (including phenoxy) is 1. The number of hydrogen-bond donors (Lipinski definition) is 1. The molecule has 3 aliphatic heterocycles. The van der Waals surface area contributed by atoms with Gasteiger partial charge in [-0.1, -0.05) is 38.1 Å². The topological polar surface area (TPSA) is 41.6 Å². The molecule has 6 rings (SSSR count). The summed E-state index contributed by atoms with van der Waals surface area (Å²) in [5.74, 6) is 0.287. The highest BCUT2D eigenvalue weighted by Crippen LogP contribution is 2.46. The number of aryl methyl sites for hydroxylation is 1. The lowest BCUT2D eigenvalue weighted by Crippen LogP contribution is -2.53. The van der Waals surface area contributed by atoms with Crippen molar-refractivity contribution in [3.63, 3.8) is 0 Å². The van der Waals surface area contributed by atoms with Crippen LogP contribution in [0.1, 0.15) is 49.4 Å². The van der Waals surface area contributed by atoms with E-state index in [0.717, 1.165) is 61.2 Å². The Morgan fingerprint density at radius 2 is 1.94 bits per heavy atom. The highest BCUT2D eigenvalue weighted by molar-refractivity contribution is 5.71. The Morgan fingerprint density at radius 1 is 1.16 bits per heavy atom. The van der Waals surface area contributed by atoms with Gasteiger partial charge in [0.1, 0.15) is 11.9 Å². The van der Waals surface area contributed by atoms with Crippen LogP contribution in [0, 0.1) is 24.1 Å². The molecule has 1 N–H and O–H groups in total. The number of amides is 1. The van der Waals surface area contributed by atoms with Crippen LogP contribution >= 0.6 is 0 Å². The van der Waals surface area contributed by atoms with Crippen molar-refractivity contribution in [2.75, 3.05) is 19.6 Å². The molecule has 2 aromatic rings. The van der Waals surface area contributed by atoms with Gasteiger partial charge in [-0.15, -0.1) is 0 Å². The lowest BCUT2D eigenvalue weighted by Gasteiger charge is -2.44. The highest BCUT2D eigenvalue weighted by Gasteiger charge is 2.42. The van der Waals surface area contributed by atoms with Crippen molar-refractivity contribution in [2.24, 2.45) is 11.3 Å². The van der Waals surface area contributed by atoms with E-state index in [1.54, 1.807) is 6.07 Å². The third kappa shape index (κ3) is 3.84. The predicted molar refractivity (Wildman–Crippen MR) is 119 cm³/mol. The molecule has 0 radical (unpaired) electrons. The van der Waals surface area contributed by atoms with Crippen LogP contribution in [0.15, 0.2) is 36.4 Å². The maximum Gasteiger partial charge on any atom is 0.407 e. The molecule has 31 heavy (non-hydrogen) atoms. The van der Waals surface area contributed by atoms with E-state index < -0.39 is 0 Å². The third-order valence-corrected chi connectivity index (χ3v) is 7.50. The Bertz CT molecular complexity index is 1010. The maximum absolute atomic E-state index is 13.5. The second kappa shape index (κ2) is 7.63. The molecule has 5 heteroatoms. The van der Waals surface area contributed by atoms with Gasteiger partial charge < -0.3 is 10.1 Å². The van der Waals surface area contributed by atoms with Crippen LogP contribution in [0.5, 0.6) is 0 Å². The Labute approximate surface area is 183 Å². The maximum atomic E-state index is 13.5. The molecular weight excluding hydrogens is 391 g/mol. The van der Waals surface area contributed by atoms with Crippen LogP contribution in [-0.2, 0) is 11.2 Å². The lowest BCUT2D eigenvalue weighted by atomic mass is 9.85. The monoisotopic (exact) mass is 422 g/mol. The van der Waals surface area contributed by atoms with Crippen molar-refractivity contribution in [3.8, 4) is 11.1 Å². The number of piperidine rings is 3. The van der Waals surface area contributed by atoms with E-state index in [1.807, 2.05) is 13.0 Å². The summed E-state index contributed by atoms with van der Waals surface area (Å²) < 4.78 is 19.4. The number of halogens is 1. The molecule has 3 fully saturated rings. The van der Waals surface area contributed by atoms with Gasteiger partial charge >= 0.3 is 6.09 Å². The highest BCUT2D eigenvalue weighted by atomic mass is 19.1. The first-order chi connectivity index (χ1) is 14.8. The van der Waals surface area contributed by atoms with Gasteiger partial charge in [-0.2, -0.15) is 0 Å². The summed E-state index contributed by atoms with van der Waals surface area (Å²) in [6, 6.07) is 11.2. The first-order valence-electron chi connectivity index (χ1n) is 11.4. The van der Waals surface area contributed by atoms with Gasteiger partial charge in [-0.05, 0) is 90.6 Å². The number of hydrogen-bond acceptors (Lipinski definition) is 3. The van der Waals surface area contributed by atoms with Crippen molar-refractivity contribution in [1.29, 1.82) is 0 Å². The van der Waals surface area contributed by atoms with Crippen LogP contribution in [0.3, 0.4) is 0 Å². The van der Waals surface area contributed by atoms with Gasteiger partial charge in [0.25, 0.3) is 0 Å². The summed E-state index contributed by atoms with van der Waals surface area (Å²) in [6.45, 7) is 9.44. The fraction of sp³-hybridized carbons (Fsp3) is 0.500. The Morgan fingerprint density at radius 3 is 2.61 bits per heavy atom. The fourth-order valence-electron chi connectivity index (χ4n) is 5.78. The van der Waals surface area contributed by atoms with Gasteiger partial charge in [0.15, 0.2) is 0 Å². The van der Waals surface area contributed by atoms with E-state index in [1.165, 1.54) is 11.6 Å². The largest absolute Gasteiger partial charge is 0.445 e. The Kier molecular flexibility index (Phi) is 5.04. The van der Waals surface area contributed by atoms with E-state index in [2.05, 4.69) is 42.3 Å². The minimum absolute atomic E-state index is 0.00955. The molecule has 0 spiro atoms. The van der Waals surface area contributed by atoms with E-state index >= 15 is 0 Å². The van der Waals surface area contributed by atoms with Crippen LogP contribution < -0.4 is 5.32 Å². The average molecular weight is 423 g/mol. The summed E-state index contributed by atoms with van der Waals surface area (Å²) in [5, 5.41) is 3.18. The molecular formula is C26H31FN2O2. The minimum Gasteiger partial charge on any atom is -0.445 e. The lowest BCUT2D eigenvalue weighted by molar-refractivity contribution is -0.0348. The van der Waals surface area contributed by atoms with Gasteiger partial charge in [0, 0.05) is 6.54 Å². The van der Waals surface area contributed by atoms with E-state index in [4.69, 9.17) is 4.74 Å². The number of carbonyl (C=O) groups excluding carboxylic acids is 1. The quantitative estimate of drug-likeness (QED) is 0.735. The number of nitrogens with one attached hydrogen (secondary N) is 1. The molecule has 2 atom stereocenters. The number of benzene rings is 2. The summed E-state index contributed by atoms with van der Waals surface area (Å²) in [4.78, 5) is 15.2. The predicted octanol–water partition coefficient (Wildman–Crippen LogP) is 5.24. The summed E-state index contributed by atoms with van der Waals surface area (Å²) in [6.07, 6.45) is 2.84. The van der Waals surface area contributed by atoms with Crippen molar-refractivity contribution >= 4 is 6.09 Å². The van der Waals surface area contributed by atoms with Gasteiger partial charge in [0.05, 0.1) is 6.04 Å². The molecule has 0 saturated carbocycles. The molecule has 0 aromatic heterocycles. The molecule has 4 aliphatic rings. The number of fused-ring (bicyclic) bond motifs is 4. The Balaban J connectivity index is 1.34. The zero-order valence-electron chi connectivity index (χ0n) is 18.6. The van der Waals surface area contributed by atoms with E-state index in [-0.39, 0.29) is 29.5 Å². The van der Waals surface area contributed by atoms with Crippen molar-refractivity contribution in [1.82, 2.24) is 10.2 Å². The normalized spacial score (nSPS) is 28.3. The van der Waals surface area contributed by atoms with Crippen LogP contribution in [0.25, 0.3) is 11.1 Å². The number of nitrogens with zero attached hydrogens (tertiary/aromatic N) is 1.